The third-order valence-corrected chi connectivity index (χ3v) is 6.37. The fourth-order valence-corrected chi connectivity index (χ4v) is 4.77. The highest BCUT2D eigenvalue weighted by molar-refractivity contribution is 8.26. The minimum absolute atomic E-state index is 0.0578. The summed E-state index contributed by atoms with van der Waals surface area (Å²) >= 11 is 7.49. The number of nitro groups is 1. The molecule has 1 fully saturated rings. The first-order valence-electron chi connectivity index (χ1n) is 8.69. The van der Waals surface area contributed by atoms with Crippen LogP contribution < -0.4 is 0 Å². The Morgan fingerprint density at radius 1 is 1.37 bits per heavy atom. The number of thiocarbonyl (C=S) groups is 1. The molecule has 0 aliphatic carbocycles. The van der Waals surface area contributed by atoms with E-state index in [2.05, 4.69) is 4.98 Å². The average molecular weight is 462 g/mol. The molecule has 1 aromatic heterocycles. The minimum Gasteiger partial charge on any atom is -0.481 e. The maximum atomic E-state index is 12.6. The molecule has 1 N–H and O–H groups in total. The SMILES string of the molecule is O=C(O)CCCN1C(=O)/C(=C/c2ccc(Sc3ccccn3)c([N+](=O)[O-])c2)SC1=S. The molecule has 1 aliphatic rings. The summed E-state index contributed by atoms with van der Waals surface area (Å²) in [6.45, 7) is 0.216. The van der Waals surface area contributed by atoms with Gasteiger partial charge in [-0.05, 0) is 36.3 Å². The molecule has 30 heavy (non-hydrogen) atoms. The first kappa shape index (κ1) is 21.9. The molecule has 1 aromatic carbocycles. The molecule has 2 heterocycles. The Morgan fingerprint density at radius 3 is 2.83 bits per heavy atom. The van der Waals surface area contributed by atoms with E-state index in [1.165, 1.54) is 22.7 Å². The van der Waals surface area contributed by atoms with Gasteiger partial charge in [-0.1, -0.05) is 47.9 Å². The van der Waals surface area contributed by atoms with Gasteiger partial charge in [0.1, 0.15) is 9.35 Å². The van der Waals surface area contributed by atoms with Crippen LogP contribution in [0.25, 0.3) is 6.08 Å². The van der Waals surface area contributed by atoms with Crippen LogP contribution in [0.1, 0.15) is 18.4 Å². The summed E-state index contributed by atoms with van der Waals surface area (Å²) in [6.07, 6.45) is 3.40. The maximum Gasteiger partial charge on any atom is 0.303 e. The molecule has 1 amide bonds. The molecular formula is C19H15N3O5S3. The topological polar surface area (TPSA) is 114 Å². The summed E-state index contributed by atoms with van der Waals surface area (Å²) in [5, 5.41) is 20.9. The number of hydrogen-bond acceptors (Lipinski definition) is 8. The molecule has 0 unspecified atom stereocenters. The van der Waals surface area contributed by atoms with E-state index in [0.717, 1.165) is 11.8 Å². The van der Waals surface area contributed by atoms with Crippen molar-refractivity contribution in [3.63, 3.8) is 0 Å². The second-order valence-electron chi connectivity index (χ2n) is 6.08. The van der Waals surface area contributed by atoms with Crippen molar-refractivity contribution < 1.29 is 19.6 Å². The Morgan fingerprint density at radius 2 is 2.17 bits per heavy atom. The van der Waals surface area contributed by atoms with Gasteiger partial charge >= 0.3 is 5.97 Å². The number of carbonyl (C=O) groups is 2. The lowest BCUT2D eigenvalue weighted by molar-refractivity contribution is -0.387. The molecule has 0 spiro atoms. The molecule has 1 aliphatic heterocycles. The average Bonchev–Trinajstić information content (AvgIpc) is 2.97. The summed E-state index contributed by atoms with van der Waals surface area (Å²) < 4.78 is 0.341. The predicted octanol–water partition coefficient (Wildman–Crippen LogP) is 4.21. The maximum absolute atomic E-state index is 12.6. The number of rotatable bonds is 8. The van der Waals surface area contributed by atoms with E-state index >= 15 is 0 Å². The Kier molecular flexibility index (Phi) is 7.19. The number of aromatic nitrogens is 1. The number of thioether (sulfide) groups is 1. The zero-order chi connectivity index (χ0) is 21.7. The zero-order valence-electron chi connectivity index (χ0n) is 15.4. The zero-order valence-corrected chi connectivity index (χ0v) is 17.8. The molecule has 154 valence electrons. The summed E-state index contributed by atoms with van der Waals surface area (Å²) in [4.78, 5) is 40.6. The Labute approximate surface area is 185 Å². The van der Waals surface area contributed by atoms with Gasteiger partial charge in [-0.15, -0.1) is 0 Å². The van der Waals surface area contributed by atoms with Crippen LogP contribution >= 0.6 is 35.7 Å². The summed E-state index contributed by atoms with van der Waals surface area (Å²) in [7, 11) is 0. The molecule has 0 bridgehead atoms. The molecule has 2 aromatic rings. The number of hydrogen-bond donors (Lipinski definition) is 1. The largest absolute Gasteiger partial charge is 0.481 e. The van der Waals surface area contributed by atoms with Crippen molar-refractivity contribution in [3.8, 4) is 0 Å². The molecule has 0 saturated carbocycles. The number of pyridine rings is 1. The number of carbonyl (C=O) groups excluding carboxylic acids is 1. The van der Waals surface area contributed by atoms with Crippen molar-refractivity contribution in [1.29, 1.82) is 0 Å². The lowest BCUT2D eigenvalue weighted by Crippen LogP contribution is -2.29. The highest BCUT2D eigenvalue weighted by atomic mass is 32.2. The van der Waals surface area contributed by atoms with Gasteiger partial charge < -0.3 is 5.11 Å². The van der Waals surface area contributed by atoms with Crippen molar-refractivity contribution >= 4 is 63.7 Å². The lowest BCUT2D eigenvalue weighted by Gasteiger charge is -2.13. The second kappa shape index (κ2) is 9.83. The molecule has 3 rings (SSSR count). The van der Waals surface area contributed by atoms with E-state index in [1.807, 2.05) is 0 Å². The lowest BCUT2D eigenvalue weighted by atomic mass is 10.2. The van der Waals surface area contributed by atoms with Crippen LogP contribution in [-0.2, 0) is 9.59 Å². The van der Waals surface area contributed by atoms with Crippen molar-refractivity contribution in [2.45, 2.75) is 22.8 Å². The minimum atomic E-state index is -0.938. The van der Waals surface area contributed by atoms with E-state index < -0.39 is 10.9 Å². The van der Waals surface area contributed by atoms with Gasteiger partial charge in [-0.2, -0.15) is 0 Å². The number of benzene rings is 1. The van der Waals surface area contributed by atoms with Crippen LogP contribution in [0, 0.1) is 10.1 Å². The molecular weight excluding hydrogens is 446 g/mol. The van der Waals surface area contributed by atoms with Gasteiger partial charge in [-0.3, -0.25) is 24.6 Å². The third-order valence-electron chi connectivity index (χ3n) is 3.98. The normalized spacial score (nSPS) is 15.1. The van der Waals surface area contributed by atoms with Gasteiger partial charge in [0.15, 0.2) is 0 Å². The Bertz CT molecular complexity index is 1040. The molecule has 1 saturated heterocycles. The Hall–Kier alpha value is -2.76. The molecule has 0 atom stereocenters. The molecule has 0 radical (unpaired) electrons. The van der Waals surface area contributed by atoms with Crippen LogP contribution in [0.3, 0.4) is 0 Å². The standard InChI is InChI=1S/C19H15N3O5S3/c23-17(24)5-3-9-21-18(25)15(30-19(21)28)11-12-6-7-14(13(10-12)22(26)27)29-16-4-1-2-8-20-16/h1-2,4,6-8,10-11H,3,5,9H2,(H,23,24)/b15-11-. The number of aliphatic carboxylic acids is 1. The Balaban J connectivity index is 1.80. The molecule has 8 nitrogen and oxygen atoms in total. The monoisotopic (exact) mass is 461 g/mol. The van der Waals surface area contributed by atoms with Crippen LogP contribution in [0.5, 0.6) is 0 Å². The third kappa shape index (κ3) is 5.43. The van der Waals surface area contributed by atoms with Gasteiger partial charge in [0, 0.05) is 25.2 Å². The van der Waals surface area contributed by atoms with Crippen molar-refractivity contribution in [2.24, 2.45) is 0 Å². The number of carboxylic acid groups (broad SMARTS) is 1. The smallest absolute Gasteiger partial charge is 0.303 e. The van der Waals surface area contributed by atoms with Crippen LogP contribution in [0.2, 0.25) is 0 Å². The van der Waals surface area contributed by atoms with Crippen LogP contribution in [0.4, 0.5) is 5.69 Å². The van der Waals surface area contributed by atoms with Gasteiger partial charge in [0.25, 0.3) is 11.6 Å². The van der Waals surface area contributed by atoms with E-state index in [0.29, 0.717) is 31.1 Å². The fraction of sp³-hybridized carbons (Fsp3) is 0.158. The number of carboxylic acids is 1. The highest BCUT2D eigenvalue weighted by Gasteiger charge is 2.31. The van der Waals surface area contributed by atoms with Gasteiger partial charge in [0.2, 0.25) is 0 Å². The van der Waals surface area contributed by atoms with E-state index in [1.54, 1.807) is 42.6 Å². The van der Waals surface area contributed by atoms with Crippen LogP contribution in [0.15, 0.2) is 57.4 Å². The number of nitrogens with zero attached hydrogens (tertiary/aromatic N) is 3. The molecule has 11 heteroatoms. The van der Waals surface area contributed by atoms with E-state index in [4.69, 9.17) is 17.3 Å². The first-order valence-corrected chi connectivity index (χ1v) is 10.7. The second-order valence-corrected chi connectivity index (χ2v) is 8.82. The van der Waals surface area contributed by atoms with Crippen molar-refractivity contribution in [3.05, 3.63) is 63.2 Å². The van der Waals surface area contributed by atoms with Crippen molar-refractivity contribution in [1.82, 2.24) is 9.88 Å². The summed E-state index contributed by atoms with van der Waals surface area (Å²) in [5.41, 5.74) is 0.412. The van der Waals surface area contributed by atoms with Crippen molar-refractivity contribution in [2.75, 3.05) is 6.54 Å². The van der Waals surface area contributed by atoms with Crippen LogP contribution in [-0.4, -0.2) is 42.7 Å². The number of nitro benzene ring substituents is 1. The first-order chi connectivity index (χ1) is 14.3. The summed E-state index contributed by atoms with van der Waals surface area (Å²) in [5.74, 6) is -1.27. The van der Waals surface area contributed by atoms with Gasteiger partial charge in [0.05, 0.1) is 14.7 Å². The number of amides is 1. The fourth-order valence-electron chi connectivity index (χ4n) is 2.61. The quantitative estimate of drug-likeness (QED) is 0.267. The predicted molar refractivity (Wildman–Crippen MR) is 118 cm³/mol. The van der Waals surface area contributed by atoms with E-state index in [9.17, 15) is 19.7 Å². The van der Waals surface area contributed by atoms with E-state index in [-0.39, 0.29) is 24.6 Å². The van der Waals surface area contributed by atoms with Gasteiger partial charge in [-0.25, -0.2) is 4.98 Å². The highest BCUT2D eigenvalue weighted by Crippen LogP contribution is 2.37. The summed E-state index contributed by atoms with van der Waals surface area (Å²) in [6, 6.07) is 10.0.